The van der Waals surface area contributed by atoms with Gasteiger partial charge in [-0.2, -0.15) is 0 Å². The van der Waals surface area contributed by atoms with Gasteiger partial charge in [-0.1, -0.05) is 27.7 Å². The normalized spacial score (nSPS) is 53.7. The summed E-state index contributed by atoms with van der Waals surface area (Å²) < 4.78 is 23.1. The molecule has 33 heavy (non-hydrogen) atoms. The lowest BCUT2D eigenvalue weighted by molar-refractivity contribution is -0.342. The molecular weight excluding hydrogens is 440 g/mol. The Bertz CT molecular complexity index is 569. The Balaban J connectivity index is 1.72. The number of hydrogen-bond donors (Lipinski definition) is 7. The van der Waals surface area contributed by atoms with Crippen molar-refractivity contribution in [3.63, 3.8) is 0 Å². The average Bonchev–Trinajstić information content (AvgIpc) is 2.79. The standard InChI is InChI=1S/C22H40O11/c1-5-11-15(26)16(27)17(28)22(30-11)33-20-9(3)6-8(2)19(18(20)29)32-21-14(25)10(4)13(24)12(7-23)31-21/h8-29H,5-7H2,1-4H3. The lowest BCUT2D eigenvalue weighted by Gasteiger charge is -2.48. The molecule has 15 atom stereocenters. The van der Waals surface area contributed by atoms with Crippen LogP contribution in [0.1, 0.15) is 40.5 Å². The van der Waals surface area contributed by atoms with E-state index in [4.69, 9.17) is 18.9 Å². The number of aliphatic hydroxyl groups is 7. The lowest BCUT2D eigenvalue weighted by Crippen LogP contribution is -2.62. The molecule has 0 bridgehead atoms. The first-order valence-corrected chi connectivity index (χ1v) is 11.8. The first kappa shape index (κ1) is 27.2. The molecule has 194 valence electrons. The molecule has 2 aliphatic heterocycles. The topological polar surface area (TPSA) is 179 Å². The molecule has 2 saturated heterocycles. The minimum absolute atomic E-state index is 0.145. The van der Waals surface area contributed by atoms with Crippen LogP contribution in [0.4, 0.5) is 0 Å². The minimum atomic E-state index is -1.50. The number of rotatable bonds is 6. The van der Waals surface area contributed by atoms with Crippen LogP contribution in [0.2, 0.25) is 0 Å². The van der Waals surface area contributed by atoms with Crippen molar-refractivity contribution in [1.82, 2.24) is 0 Å². The quantitative estimate of drug-likeness (QED) is 0.225. The second-order valence-corrected chi connectivity index (χ2v) is 9.87. The van der Waals surface area contributed by atoms with Gasteiger partial charge in [-0.25, -0.2) is 0 Å². The fraction of sp³-hybridized carbons (Fsp3) is 1.00. The van der Waals surface area contributed by atoms with E-state index in [0.717, 1.165) is 0 Å². The highest BCUT2D eigenvalue weighted by Gasteiger charge is 2.50. The van der Waals surface area contributed by atoms with E-state index >= 15 is 0 Å². The Morgan fingerprint density at radius 3 is 1.70 bits per heavy atom. The van der Waals surface area contributed by atoms with Crippen molar-refractivity contribution in [2.75, 3.05) is 6.61 Å². The van der Waals surface area contributed by atoms with Gasteiger partial charge < -0.3 is 54.7 Å². The highest BCUT2D eigenvalue weighted by atomic mass is 16.7. The molecule has 0 spiro atoms. The molecule has 3 rings (SSSR count). The van der Waals surface area contributed by atoms with Crippen LogP contribution >= 0.6 is 0 Å². The van der Waals surface area contributed by atoms with Crippen molar-refractivity contribution < 1.29 is 54.7 Å². The van der Waals surface area contributed by atoms with E-state index in [1.807, 2.05) is 13.8 Å². The maximum atomic E-state index is 11.2. The summed E-state index contributed by atoms with van der Waals surface area (Å²) in [6, 6.07) is 0. The second-order valence-electron chi connectivity index (χ2n) is 9.87. The fourth-order valence-corrected chi connectivity index (χ4v) is 5.21. The number of aliphatic hydroxyl groups excluding tert-OH is 7. The van der Waals surface area contributed by atoms with Crippen LogP contribution in [0.25, 0.3) is 0 Å². The van der Waals surface area contributed by atoms with Crippen molar-refractivity contribution in [3.8, 4) is 0 Å². The van der Waals surface area contributed by atoms with E-state index in [0.29, 0.717) is 12.8 Å². The van der Waals surface area contributed by atoms with E-state index in [1.54, 1.807) is 13.8 Å². The summed E-state index contributed by atoms with van der Waals surface area (Å²) in [5, 5.41) is 72.0. The van der Waals surface area contributed by atoms with Crippen LogP contribution in [0, 0.1) is 17.8 Å². The Morgan fingerprint density at radius 1 is 0.667 bits per heavy atom. The zero-order valence-electron chi connectivity index (χ0n) is 19.5. The molecule has 2 heterocycles. The molecule has 0 aromatic carbocycles. The zero-order chi connectivity index (χ0) is 24.6. The van der Waals surface area contributed by atoms with Gasteiger partial charge in [-0.3, -0.25) is 0 Å². The summed E-state index contributed by atoms with van der Waals surface area (Å²) >= 11 is 0. The molecule has 1 aliphatic carbocycles. The first-order valence-electron chi connectivity index (χ1n) is 11.8. The molecule has 0 amide bonds. The van der Waals surface area contributed by atoms with Crippen LogP contribution in [-0.2, 0) is 18.9 Å². The molecule has 15 unspecified atom stereocenters. The molecular formula is C22H40O11. The molecule has 0 aromatic rings. The third-order valence-electron chi connectivity index (χ3n) is 7.42. The Kier molecular flexibility index (Phi) is 9.12. The van der Waals surface area contributed by atoms with E-state index < -0.39 is 86.1 Å². The first-order chi connectivity index (χ1) is 15.5. The van der Waals surface area contributed by atoms with Crippen LogP contribution in [0.15, 0.2) is 0 Å². The maximum absolute atomic E-state index is 11.2. The molecule has 0 radical (unpaired) electrons. The van der Waals surface area contributed by atoms with Crippen molar-refractivity contribution >= 4 is 0 Å². The summed E-state index contributed by atoms with van der Waals surface area (Å²) in [5.74, 6) is -0.918. The van der Waals surface area contributed by atoms with Gasteiger partial charge >= 0.3 is 0 Å². The predicted octanol–water partition coefficient (Wildman–Crippen LogP) is -1.91. The van der Waals surface area contributed by atoms with Gasteiger partial charge in [0.15, 0.2) is 12.6 Å². The molecule has 3 fully saturated rings. The third-order valence-corrected chi connectivity index (χ3v) is 7.42. The smallest absolute Gasteiger partial charge is 0.186 e. The summed E-state index contributed by atoms with van der Waals surface area (Å²) in [5.41, 5.74) is 0. The highest BCUT2D eigenvalue weighted by molar-refractivity contribution is 4.95. The molecule has 1 saturated carbocycles. The van der Waals surface area contributed by atoms with Gasteiger partial charge in [0.05, 0.1) is 31.0 Å². The molecule has 7 N–H and O–H groups in total. The monoisotopic (exact) mass is 480 g/mol. The van der Waals surface area contributed by atoms with Crippen LogP contribution < -0.4 is 0 Å². The van der Waals surface area contributed by atoms with Crippen LogP contribution in [0.3, 0.4) is 0 Å². The molecule has 0 aromatic heterocycles. The van der Waals surface area contributed by atoms with E-state index in [2.05, 4.69) is 0 Å². The fourth-order valence-electron chi connectivity index (χ4n) is 5.21. The SMILES string of the molecule is CCC1OC(OC2C(C)CC(C)C(OC3OC(CO)C(O)C(C)C3O)C2O)C(O)C(O)C1O. The van der Waals surface area contributed by atoms with Gasteiger partial charge in [0, 0.05) is 5.92 Å². The lowest BCUT2D eigenvalue weighted by atomic mass is 9.77. The van der Waals surface area contributed by atoms with Gasteiger partial charge in [0.1, 0.15) is 36.6 Å². The molecule has 3 aliphatic rings. The van der Waals surface area contributed by atoms with E-state index in [9.17, 15) is 35.7 Å². The zero-order valence-corrected chi connectivity index (χ0v) is 19.5. The summed E-state index contributed by atoms with van der Waals surface area (Å²) in [4.78, 5) is 0. The van der Waals surface area contributed by atoms with Crippen LogP contribution in [0.5, 0.6) is 0 Å². The van der Waals surface area contributed by atoms with Crippen molar-refractivity contribution in [2.24, 2.45) is 17.8 Å². The Labute approximate surface area is 193 Å². The Hall–Kier alpha value is -0.440. The minimum Gasteiger partial charge on any atom is -0.394 e. The number of hydrogen-bond acceptors (Lipinski definition) is 11. The van der Waals surface area contributed by atoms with E-state index in [1.165, 1.54) is 0 Å². The summed E-state index contributed by atoms with van der Waals surface area (Å²) in [6.45, 7) is 6.71. The summed E-state index contributed by atoms with van der Waals surface area (Å²) in [7, 11) is 0. The van der Waals surface area contributed by atoms with Crippen molar-refractivity contribution in [2.45, 2.75) is 114 Å². The molecule has 11 nitrogen and oxygen atoms in total. The van der Waals surface area contributed by atoms with Gasteiger partial charge in [-0.15, -0.1) is 0 Å². The van der Waals surface area contributed by atoms with Crippen LogP contribution in [-0.4, -0.2) is 116 Å². The third kappa shape index (κ3) is 5.39. The molecule has 11 heteroatoms. The van der Waals surface area contributed by atoms with Gasteiger partial charge in [0.25, 0.3) is 0 Å². The summed E-state index contributed by atoms with van der Waals surface area (Å²) in [6.07, 6.45) is -12.4. The van der Waals surface area contributed by atoms with E-state index in [-0.39, 0.29) is 11.8 Å². The highest BCUT2D eigenvalue weighted by Crippen LogP contribution is 2.38. The van der Waals surface area contributed by atoms with Crippen molar-refractivity contribution in [3.05, 3.63) is 0 Å². The number of ether oxygens (including phenoxy) is 4. The van der Waals surface area contributed by atoms with Gasteiger partial charge in [-0.05, 0) is 24.7 Å². The predicted molar refractivity (Wildman–Crippen MR) is 113 cm³/mol. The van der Waals surface area contributed by atoms with Crippen molar-refractivity contribution in [1.29, 1.82) is 0 Å². The van der Waals surface area contributed by atoms with Gasteiger partial charge in [0.2, 0.25) is 0 Å². The second kappa shape index (κ2) is 11.1. The Morgan fingerprint density at radius 2 is 1.18 bits per heavy atom. The maximum Gasteiger partial charge on any atom is 0.186 e. The largest absolute Gasteiger partial charge is 0.394 e. The average molecular weight is 481 g/mol.